The molecule has 0 N–H and O–H groups in total. The number of carbonyl (C=O) groups excluding carboxylic acids is 1. The minimum absolute atomic E-state index is 0.00329. The number of likely N-dealkylation sites (tertiary alicyclic amines) is 1. The molecule has 0 spiro atoms. The van der Waals surface area contributed by atoms with E-state index in [0.29, 0.717) is 10.2 Å². The van der Waals surface area contributed by atoms with Crippen molar-refractivity contribution in [2.75, 3.05) is 6.54 Å². The molecule has 3 heterocycles. The van der Waals surface area contributed by atoms with E-state index in [1.165, 1.54) is 23.0 Å². The number of aromatic nitrogens is 2. The van der Waals surface area contributed by atoms with Crippen LogP contribution in [0.2, 0.25) is 0 Å². The molecule has 7 heteroatoms. The fraction of sp³-hybridized carbons (Fsp3) is 0.562. The Labute approximate surface area is 138 Å². The molecule has 1 fully saturated rings. The molecule has 23 heavy (non-hydrogen) atoms. The molecule has 124 valence electrons. The van der Waals surface area contributed by atoms with Crippen LogP contribution < -0.4 is 11.2 Å². The maximum atomic E-state index is 12.7. The van der Waals surface area contributed by atoms with Gasteiger partial charge in [0.05, 0.1) is 5.52 Å². The highest BCUT2D eigenvalue weighted by Gasteiger charge is 2.26. The Morgan fingerprint density at radius 2 is 2.13 bits per heavy atom. The highest BCUT2D eigenvalue weighted by Crippen LogP contribution is 2.20. The standard InChI is InChI=1S/C16H21N3O3S/c1-3-11-6-4-5-8-18(11)13(20)10-19-12-7-9-23-14(12)15(21)17(2)16(19)22/h7,9,11H,3-6,8,10H2,1-2H3/t11-/m0/s1. The number of hydrogen-bond donors (Lipinski definition) is 0. The molecule has 1 atom stereocenters. The number of hydrogen-bond acceptors (Lipinski definition) is 4. The van der Waals surface area contributed by atoms with Gasteiger partial charge in [0.15, 0.2) is 0 Å². The Bertz CT molecular complexity index is 848. The lowest BCUT2D eigenvalue weighted by atomic mass is 10.00. The van der Waals surface area contributed by atoms with Crippen LogP contribution in [0.25, 0.3) is 10.2 Å². The predicted octanol–water partition coefficient (Wildman–Crippen LogP) is 1.55. The van der Waals surface area contributed by atoms with Crippen LogP contribution in [0.15, 0.2) is 21.0 Å². The highest BCUT2D eigenvalue weighted by molar-refractivity contribution is 7.17. The van der Waals surface area contributed by atoms with Gasteiger partial charge in [-0.2, -0.15) is 0 Å². The van der Waals surface area contributed by atoms with E-state index in [1.807, 2.05) is 4.90 Å². The van der Waals surface area contributed by atoms with Crippen LogP contribution in [0.1, 0.15) is 32.6 Å². The Morgan fingerprint density at radius 3 is 2.87 bits per heavy atom. The molecular formula is C16H21N3O3S. The molecule has 0 unspecified atom stereocenters. The first-order valence-electron chi connectivity index (χ1n) is 8.01. The van der Waals surface area contributed by atoms with E-state index < -0.39 is 5.69 Å². The van der Waals surface area contributed by atoms with Crippen LogP contribution in [-0.4, -0.2) is 32.5 Å². The maximum absolute atomic E-state index is 12.7. The lowest BCUT2D eigenvalue weighted by Gasteiger charge is -2.35. The zero-order chi connectivity index (χ0) is 16.6. The van der Waals surface area contributed by atoms with E-state index in [1.54, 1.807) is 11.4 Å². The third kappa shape index (κ3) is 2.73. The SMILES string of the molecule is CC[C@H]1CCCCN1C(=O)Cn1c(=O)n(C)c(=O)c2sccc21. The van der Waals surface area contributed by atoms with Crippen molar-refractivity contribution in [3.05, 3.63) is 32.3 Å². The highest BCUT2D eigenvalue weighted by atomic mass is 32.1. The summed E-state index contributed by atoms with van der Waals surface area (Å²) in [5.74, 6) is -0.0372. The van der Waals surface area contributed by atoms with Gasteiger partial charge in [-0.05, 0) is 37.1 Å². The van der Waals surface area contributed by atoms with Crippen LogP contribution in [-0.2, 0) is 18.4 Å². The van der Waals surface area contributed by atoms with Crippen LogP contribution in [0.3, 0.4) is 0 Å². The van der Waals surface area contributed by atoms with Crippen molar-refractivity contribution >= 4 is 27.5 Å². The second-order valence-electron chi connectivity index (χ2n) is 6.01. The van der Waals surface area contributed by atoms with Crippen LogP contribution >= 0.6 is 11.3 Å². The zero-order valence-electron chi connectivity index (χ0n) is 13.4. The van der Waals surface area contributed by atoms with E-state index in [0.717, 1.165) is 36.8 Å². The van der Waals surface area contributed by atoms with E-state index in [-0.39, 0.29) is 24.1 Å². The molecule has 1 saturated heterocycles. The Morgan fingerprint density at radius 1 is 1.35 bits per heavy atom. The van der Waals surface area contributed by atoms with Crippen molar-refractivity contribution in [2.24, 2.45) is 7.05 Å². The summed E-state index contributed by atoms with van der Waals surface area (Å²) in [7, 11) is 1.46. The Kier molecular flexibility index (Phi) is 4.39. The molecule has 0 radical (unpaired) electrons. The summed E-state index contributed by atoms with van der Waals surface area (Å²) in [5.41, 5.74) is -0.172. The van der Waals surface area contributed by atoms with Gasteiger partial charge in [-0.15, -0.1) is 11.3 Å². The van der Waals surface area contributed by atoms with Crippen molar-refractivity contribution in [1.82, 2.24) is 14.0 Å². The monoisotopic (exact) mass is 335 g/mol. The smallest absolute Gasteiger partial charge is 0.331 e. The number of carbonyl (C=O) groups is 1. The first kappa shape index (κ1) is 16.0. The summed E-state index contributed by atoms with van der Waals surface area (Å²) in [6.07, 6.45) is 4.12. The molecule has 3 rings (SSSR count). The summed E-state index contributed by atoms with van der Waals surface area (Å²) in [6.45, 7) is 2.84. The summed E-state index contributed by atoms with van der Waals surface area (Å²) in [4.78, 5) is 39.2. The molecule has 2 aromatic heterocycles. The van der Waals surface area contributed by atoms with E-state index >= 15 is 0 Å². The topological polar surface area (TPSA) is 64.3 Å². The summed E-state index contributed by atoms with van der Waals surface area (Å²) in [6, 6.07) is 2.00. The second-order valence-corrected chi connectivity index (χ2v) is 6.93. The Hall–Kier alpha value is -1.89. The lowest BCUT2D eigenvalue weighted by molar-refractivity contribution is -0.135. The van der Waals surface area contributed by atoms with Gasteiger partial charge in [0.1, 0.15) is 11.2 Å². The third-order valence-corrected chi connectivity index (χ3v) is 5.56. The molecule has 1 aliphatic heterocycles. The molecule has 2 aromatic rings. The van der Waals surface area contributed by atoms with Crippen LogP contribution in [0.4, 0.5) is 0 Å². The number of thiophene rings is 1. The number of piperidine rings is 1. The van der Waals surface area contributed by atoms with Gasteiger partial charge in [-0.1, -0.05) is 6.92 Å². The van der Waals surface area contributed by atoms with Gasteiger partial charge >= 0.3 is 5.69 Å². The summed E-state index contributed by atoms with van der Waals surface area (Å²) >= 11 is 1.30. The summed E-state index contributed by atoms with van der Waals surface area (Å²) < 4.78 is 3.03. The Balaban J connectivity index is 1.98. The largest absolute Gasteiger partial charge is 0.338 e. The minimum atomic E-state index is -0.431. The van der Waals surface area contributed by atoms with E-state index in [4.69, 9.17) is 0 Å². The first-order chi connectivity index (χ1) is 11.0. The number of fused-ring (bicyclic) bond motifs is 1. The third-order valence-electron chi connectivity index (χ3n) is 4.66. The molecular weight excluding hydrogens is 314 g/mol. The fourth-order valence-corrected chi connectivity index (χ4v) is 4.20. The molecule has 1 amide bonds. The molecule has 1 aliphatic rings. The van der Waals surface area contributed by atoms with Gasteiger partial charge in [-0.25, -0.2) is 4.79 Å². The van der Waals surface area contributed by atoms with Crippen molar-refractivity contribution in [2.45, 2.75) is 45.2 Å². The van der Waals surface area contributed by atoms with Gasteiger partial charge in [0.2, 0.25) is 5.91 Å². The molecule has 0 aliphatic carbocycles. The average Bonchev–Trinajstić information content (AvgIpc) is 3.06. The first-order valence-corrected chi connectivity index (χ1v) is 8.89. The minimum Gasteiger partial charge on any atom is -0.338 e. The van der Waals surface area contributed by atoms with E-state index in [9.17, 15) is 14.4 Å². The molecule has 0 saturated carbocycles. The van der Waals surface area contributed by atoms with Crippen molar-refractivity contribution in [3.63, 3.8) is 0 Å². The van der Waals surface area contributed by atoms with Crippen LogP contribution in [0.5, 0.6) is 0 Å². The number of amides is 1. The van der Waals surface area contributed by atoms with Gasteiger partial charge in [-0.3, -0.25) is 18.7 Å². The van der Waals surface area contributed by atoms with Crippen molar-refractivity contribution in [3.8, 4) is 0 Å². The molecule has 0 aromatic carbocycles. The van der Waals surface area contributed by atoms with Gasteiger partial charge in [0.25, 0.3) is 5.56 Å². The number of nitrogens with zero attached hydrogens (tertiary/aromatic N) is 3. The quantitative estimate of drug-likeness (QED) is 0.855. The van der Waals surface area contributed by atoms with Crippen molar-refractivity contribution in [1.29, 1.82) is 0 Å². The van der Waals surface area contributed by atoms with Gasteiger partial charge < -0.3 is 4.90 Å². The second kappa shape index (κ2) is 6.31. The maximum Gasteiger partial charge on any atom is 0.331 e. The van der Waals surface area contributed by atoms with Gasteiger partial charge in [0, 0.05) is 19.6 Å². The average molecular weight is 335 g/mol. The predicted molar refractivity (Wildman–Crippen MR) is 91.0 cm³/mol. The molecule has 0 bridgehead atoms. The normalized spacial score (nSPS) is 18.5. The molecule has 6 nitrogen and oxygen atoms in total. The van der Waals surface area contributed by atoms with E-state index in [2.05, 4.69) is 6.92 Å². The van der Waals surface area contributed by atoms with Crippen molar-refractivity contribution < 1.29 is 4.79 Å². The summed E-state index contributed by atoms with van der Waals surface area (Å²) in [5, 5.41) is 1.78. The lowest BCUT2D eigenvalue weighted by Crippen LogP contribution is -2.47. The van der Waals surface area contributed by atoms with Crippen LogP contribution in [0, 0.1) is 0 Å². The fourth-order valence-electron chi connectivity index (χ4n) is 3.33. The number of rotatable bonds is 3. The zero-order valence-corrected chi connectivity index (χ0v) is 14.3.